The van der Waals surface area contributed by atoms with Gasteiger partial charge in [-0.25, -0.2) is 9.55 Å². The molecule has 1 saturated heterocycles. The summed E-state index contributed by atoms with van der Waals surface area (Å²) in [5.41, 5.74) is 7.97. The fraction of sp³-hybridized carbons (Fsp3) is 0.208. The van der Waals surface area contributed by atoms with Crippen LogP contribution in [0.15, 0.2) is 77.2 Å². The lowest BCUT2D eigenvalue weighted by Crippen LogP contribution is -2.69. The largest absolute Gasteiger partial charge is 0.390 e. The molecule has 1 fully saturated rings. The van der Waals surface area contributed by atoms with Gasteiger partial charge < -0.3 is 20.8 Å². The van der Waals surface area contributed by atoms with Crippen molar-refractivity contribution in [2.75, 3.05) is 11.5 Å². The number of aromatic nitrogens is 2. The van der Waals surface area contributed by atoms with E-state index < -0.39 is 11.9 Å². The number of benzene rings is 1. The highest BCUT2D eigenvalue weighted by Gasteiger charge is 2.50. The second-order valence-corrected chi connectivity index (χ2v) is 10.6. The van der Waals surface area contributed by atoms with E-state index in [2.05, 4.69) is 20.0 Å². The molecule has 0 radical (unpaired) electrons. The van der Waals surface area contributed by atoms with E-state index in [9.17, 15) is 9.59 Å². The lowest BCUT2D eigenvalue weighted by Gasteiger charge is -2.47. The lowest BCUT2D eigenvalue weighted by molar-refractivity contribution is -0.689. The van der Waals surface area contributed by atoms with Crippen LogP contribution in [0.25, 0.3) is 0 Å². The Hall–Kier alpha value is -3.41. The average molecular weight is 542 g/mol. The molecule has 36 heavy (non-hydrogen) atoms. The third-order valence-corrected chi connectivity index (χ3v) is 7.87. The number of anilines is 1. The number of fused-ring (bicyclic) bond motifs is 1. The topological polar surface area (TPSA) is 114 Å². The zero-order chi connectivity index (χ0) is 25.1. The van der Waals surface area contributed by atoms with Crippen molar-refractivity contribution in [2.24, 2.45) is 5.16 Å². The van der Waals surface area contributed by atoms with E-state index in [-0.39, 0.29) is 29.3 Å². The first kappa shape index (κ1) is 24.3. The molecule has 1 unspecified atom stereocenters. The van der Waals surface area contributed by atoms with Gasteiger partial charge in [-0.05, 0) is 17.7 Å². The monoisotopic (exact) mass is 541 g/mol. The first-order valence-corrected chi connectivity index (χ1v) is 13.3. The van der Waals surface area contributed by atoms with Crippen molar-refractivity contribution in [2.45, 2.75) is 24.6 Å². The Kier molecular flexibility index (Phi) is 7.21. The Bertz CT molecular complexity index is 1330. The highest BCUT2D eigenvalue weighted by atomic mass is 35.5. The summed E-state index contributed by atoms with van der Waals surface area (Å²) in [4.78, 5) is 37.3. The molecule has 9 nitrogen and oxygen atoms in total. The molecule has 3 aromatic rings. The highest BCUT2D eigenvalue weighted by Crippen LogP contribution is 2.36. The first-order chi connectivity index (χ1) is 17.5. The Morgan fingerprint density at radius 1 is 1.28 bits per heavy atom. The Morgan fingerprint density at radius 3 is 2.78 bits per heavy atom. The van der Waals surface area contributed by atoms with Crippen LogP contribution in [-0.2, 0) is 27.6 Å². The molecule has 0 bridgehead atoms. The molecule has 0 spiro atoms. The molecule has 0 aliphatic carbocycles. The molecule has 2 aromatic heterocycles. The minimum absolute atomic E-state index is 0.0410. The van der Waals surface area contributed by atoms with Gasteiger partial charge in [0.05, 0.1) is 0 Å². The molecule has 184 valence electrons. The van der Waals surface area contributed by atoms with Gasteiger partial charge in [-0.1, -0.05) is 35.0 Å². The van der Waals surface area contributed by atoms with Gasteiger partial charge in [-0.2, -0.15) is 0 Å². The Morgan fingerprint density at radius 2 is 2.06 bits per heavy atom. The number of nitrogen functional groups attached to an aromatic ring is 1. The number of halogens is 1. The minimum atomic E-state index is -0.665. The number of carbonyl (C=O) groups excluding carboxylic acids is 2. The van der Waals surface area contributed by atoms with E-state index in [0.29, 0.717) is 16.7 Å². The SMILES string of the molecule is Nc1nc(C(=NOCc2ccc(Cl)cc2)C(=O)NC2C(=O)N3C=C(C[n+]4ccccc4)CS[C@@H]23)cs1. The maximum absolute atomic E-state index is 13.2. The van der Waals surface area contributed by atoms with Gasteiger partial charge in [-0.3, -0.25) is 9.59 Å². The number of amides is 2. The summed E-state index contributed by atoms with van der Waals surface area (Å²) in [6.07, 6.45) is 5.86. The molecule has 12 heteroatoms. The second kappa shape index (κ2) is 10.7. The third-order valence-electron chi connectivity index (χ3n) is 5.57. The molecule has 2 aliphatic rings. The number of thiazole rings is 1. The maximum atomic E-state index is 13.2. The van der Waals surface area contributed by atoms with Crippen LogP contribution in [0.2, 0.25) is 5.02 Å². The molecule has 5 rings (SSSR count). The first-order valence-electron chi connectivity index (χ1n) is 11.0. The summed E-state index contributed by atoms with van der Waals surface area (Å²) in [6, 6.07) is 12.3. The van der Waals surface area contributed by atoms with E-state index in [1.54, 1.807) is 46.3 Å². The fourth-order valence-corrected chi connectivity index (χ4v) is 5.71. The van der Waals surface area contributed by atoms with Crippen LogP contribution in [0.4, 0.5) is 5.13 Å². The number of thioether (sulfide) groups is 1. The molecular weight excluding hydrogens is 520 g/mol. The van der Waals surface area contributed by atoms with Gasteiger partial charge >= 0.3 is 0 Å². The normalized spacial score (nSPS) is 19.2. The van der Waals surface area contributed by atoms with Gasteiger partial charge in [0.1, 0.15) is 23.7 Å². The van der Waals surface area contributed by atoms with Crippen LogP contribution in [0.1, 0.15) is 11.3 Å². The second-order valence-electron chi connectivity index (χ2n) is 8.14. The predicted molar refractivity (Wildman–Crippen MR) is 139 cm³/mol. The zero-order valence-electron chi connectivity index (χ0n) is 18.9. The van der Waals surface area contributed by atoms with Crippen LogP contribution in [0.3, 0.4) is 0 Å². The van der Waals surface area contributed by atoms with E-state index >= 15 is 0 Å². The average Bonchev–Trinajstić information content (AvgIpc) is 3.32. The van der Waals surface area contributed by atoms with Gasteiger partial charge in [-0.15, -0.1) is 23.1 Å². The van der Waals surface area contributed by atoms with Crippen molar-refractivity contribution < 1.29 is 19.0 Å². The smallest absolute Gasteiger partial charge is 0.276 e. The summed E-state index contributed by atoms with van der Waals surface area (Å²) in [5, 5.41) is 9.20. The van der Waals surface area contributed by atoms with Crippen LogP contribution < -0.4 is 15.6 Å². The van der Waals surface area contributed by atoms with E-state index in [1.165, 1.54) is 11.3 Å². The zero-order valence-corrected chi connectivity index (χ0v) is 21.3. The van der Waals surface area contributed by atoms with Crippen LogP contribution in [0, 0.1) is 0 Å². The number of hydrogen-bond acceptors (Lipinski definition) is 8. The lowest BCUT2D eigenvalue weighted by atomic mass is 10.1. The number of carbonyl (C=O) groups is 2. The van der Waals surface area contributed by atoms with E-state index in [4.69, 9.17) is 22.2 Å². The molecular formula is C24H22ClN6O3S2+. The molecule has 4 heterocycles. The van der Waals surface area contributed by atoms with Crippen molar-refractivity contribution in [3.63, 3.8) is 0 Å². The van der Waals surface area contributed by atoms with Gasteiger partial charge in [0.25, 0.3) is 11.8 Å². The quantitative estimate of drug-likeness (QED) is 0.196. The van der Waals surface area contributed by atoms with Gasteiger partial charge in [0.15, 0.2) is 29.8 Å². The molecule has 2 amide bonds. The van der Waals surface area contributed by atoms with Crippen LogP contribution >= 0.6 is 34.7 Å². The van der Waals surface area contributed by atoms with Crippen molar-refractivity contribution in [1.82, 2.24) is 15.2 Å². The van der Waals surface area contributed by atoms with Crippen molar-refractivity contribution in [1.29, 1.82) is 0 Å². The molecule has 3 N–H and O–H groups in total. The molecule has 2 aliphatic heterocycles. The summed E-state index contributed by atoms with van der Waals surface area (Å²) in [6.45, 7) is 0.837. The van der Waals surface area contributed by atoms with Gasteiger partial charge in [0, 0.05) is 40.1 Å². The summed E-state index contributed by atoms with van der Waals surface area (Å²) in [7, 11) is 0. The summed E-state index contributed by atoms with van der Waals surface area (Å²) >= 11 is 8.72. The molecule has 0 saturated carbocycles. The fourth-order valence-electron chi connectivity index (χ4n) is 3.78. The summed E-state index contributed by atoms with van der Waals surface area (Å²) < 4.78 is 2.06. The number of nitrogens with two attached hydrogens (primary N) is 1. The summed E-state index contributed by atoms with van der Waals surface area (Å²) in [5.74, 6) is 0.0381. The molecule has 2 atom stereocenters. The van der Waals surface area contributed by atoms with Crippen molar-refractivity contribution >= 4 is 57.4 Å². The van der Waals surface area contributed by atoms with Crippen LogP contribution in [-0.4, -0.2) is 44.6 Å². The van der Waals surface area contributed by atoms with E-state index in [0.717, 1.165) is 16.9 Å². The van der Waals surface area contributed by atoms with Gasteiger partial charge in [0.2, 0.25) is 0 Å². The van der Waals surface area contributed by atoms with Crippen LogP contribution in [0.5, 0.6) is 0 Å². The minimum Gasteiger partial charge on any atom is -0.390 e. The number of nitrogens with one attached hydrogen (secondary N) is 1. The number of rotatable bonds is 8. The number of hydrogen-bond donors (Lipinski definition) is 2. The van der Waals surface area contributed by atoms with Crippen molar-refractivity contribution in [3.8, 4) is 0 Å². The van der Waals surface area contributed by atoms with Crippen molar-refractivity contribution in [3.05, 3.63) is 88.3 Å². The Balaban J connectivity index is 1.25. The number of nitrogens with zero attached hydrogens (tertiary/aromatic N) is 4. The number of β-lactam (4-membered cyclic amide) rings is 1. The predicted octanol–water partition coefficient (Wildman–Crippen LogP) is 2.57. The number of oxime groups is 1. The molecule has 1 aromatic carbocycles. The standard InChI is InChI=1S/C24H21ClN6O3S2/c25-17-6-4-15(5-7-17)12-34-29-19(18-14-36-24(26)27-18)21(32)28-20-22(33)31-11-16(13-35-23(20)31)10-30-8-2-1-3-9-30/h1-9,11,14,20,23H,10,12-13H2,(H2-,26,27,28,32)/p+1/t20?,23-/m0/s1. The maximum Gasteiger partial charge on any atom is 0.276 e. The van der Waals surface area contributed by atoms with E-state index in [1.807, 2.05) is 36.8 Å². The highest BCUT2D eigenvalue weighted by molar-refractivity contribution is 8.00. The third kappa shape index (κ3) is 5.38. The Labute approximate surface area is 220 Å². The number of pyridine rings is 1.